The van der Waals surface area contributed by atoms with Gasteiger partial charge in [-0.15, -0.1) is 0 Å². The summed E-state index contributed by atoms with van der Waals surface area (Å²) in [7, 11) is 1.50. The Hall–Kier alpha value is -2.95. The van der Waals surface area contributed by atoms with E-state index in [9.17, 15) is 9.18 Å². The molecular weight excluding hydrogens is 331 g/mol. The van der Waals surface area contributed by atoms with Crippen LogP contribution >= 0.6 is 0 Å². The number of benzene rings is 2. The molecule has 0 aliphatic heterocycles. The molecule has 1 aromatic heterocycles. The van der Waals surface area contributed by atoms with E-state index < -0.39 is 0 Å². The minimum absolute atomic E-state index is 0.262. The molecule has 0 fully saturated rings. The van der Waals surface area contributed by atoms with Crippen molar-refractivity contribution in [2.45, 2.75) is 19.8 Å². The minimum Gasteiger partial charge on any atom is -0.496 e. The Bertz CT molecular complexity index is 926. The molecule has 4 nitrogen and oxygen atoms in total. The van der Waals surface area contributed by atoms with Crippen LogP contribution in [0.3, 0.4) is 0 Å². The number of amides is 1. The van der Waals surface area contributed by atoms with Crippen LogP contribution in [0.5, 0.6) is 5.75 Å². The number of hydrogen-bond donors (Lipinski definition) is 1. The fourth-order valence-electron chi connectivity index (χ4n) is 2.94. The Kier molecular flexibility index (Phi) is 5.46. The number of fused-ring (bicyclic) bond motifs is 1. The van der Waals surface area contributed by atoms with Crippen molar-refractivity contribution in [3.05, 3.63) is 71.2 Å². The second-order valence-electron chi connectivity index (χ2n) is 6.17. The second-order valence-corrected chi connectivity index (χ2v) is 6.17. The lowest BCUT2D eigenvalue weighted by atomic mass is 10.1. The third kappa shape index (κ3) is 3.99. The summed E-state index contributed by atoms with van der Waals surface area (Å²) in [5, 5.41) is 3.45. The number of halogens is 1. The molecule has 3 rings (SSSR count). The Balaban J connectivity index is 1.72. The molecule has 0 atom stereocenters. The fraction of sp³-hybridized carbons (Fsp3) is 0.238. The molecule has 134 valence electrons. The van der Waals surface area contributed by atoms with Crippen molar-refractivity contribution in [1.29, 1.82) is 0 Å². The van der Waals surface area contributed by atoms with Crippen molar-refractivity contribution in [3.63, 3.8) is 0 Å². The quantitative estimate of drug-likeness (QED) is 0.681. The molecular formula is C21H21FN2O2. The lowest BCUT2D eigenvalue weighted by Gasteiger charge is -2.11. The maximum atomic E-state index is 13.7. The summed E-state index contributed by atoms with van der Waals surface area (Å²) in [6.07, 6.45) is 1.73. The van der Waals surface area contributed by atoms with Gasteiger partial charge in [0.1, 0.15) is 17.3 Å². The molecule has 0 radical (unpaired) electrons. The Labute approximate surface area is 152 Å². The molecule has 1 amide bonds. The molecule has 0 aliphatic carbocycles. The van der Waals surface area contributed by atoms with Crippen LogP contribution in [0.4, 0.5) is 4.39 Å². The second kappa shape index (κ2) is 7.95. The first-order chi connectivity index (χ1) is 12.6. The Morgan fingerprint density at radius 2 is 1.96 bits per heavy atom. The van der Waals surface area contributed by atoms with Gasteiger partial charge in [0.05, 0.1) is 12.6 Å². The van der Waals surface area contributed by atoms with Crippen molar-refractivity contribution in [1.82, 2.24) is 10.3 Å². The molecule has 0 saturated heterocycles. The van der Waals surface area contributed by atoms with Crippen LogP contribution in [-0.2, 0) is 6.42 Å². The van der Waals surface area contributed by atoms with E-state index in [1.165, 1.54) is 24.8 Å². The van der Waals surface area contributed by atoms with E-state index in [1.54, 1.807) is 13.0 Å². The van der Waals surface area contributed by atoms with Crippen molar-refractivity contribution >= 4 is 16.8 Å². The highest BCUT2D eigenvalue weighted by molar-refractivity contribution is 5.97. The standard InChI is InChI=1S/C21H21FN2O2/c1-14-11-16(22)12-17-19(26-2)13-18(24-20(14)17)21(25)23-10-6-9-15-7-4-3-5-8-15/h3-5,7-8,11-13H,6,9-10H2,1-2H3,(H,23,25). The maximum Gasteiger partial charge on any atom is 0.270 e. The highest BCUT2D eigenvalue weighted by Crippen LogP contribution is 2.28. The van der Waals surface area contributed by atoms with Gasteiger partial charge in [-0.2, -0.15) is 0 Å². The highest BCUT2D eigenvalue weighted by Gasteiger charge is 2.14. The minimum atomic E-state index is -0.354. The molecule has 0 unspecified atom stereocenters. The first-order valence-corrected chi connectivity index (χ1v) is 8.55. The summed E-state index contributed by atoms with van der Waals surface area (Å²) in [5.74, 6) is -0.178. The molecule has 0 bridgehead atoms. The number of hydrogen-bond acceptors (Lipinski definition) is 3. The van der Waals surface area contributed by atoms with Crippen LogP contribution in [0.2, 0.25) is 0 Å². The van der Waals surface area contributed by atoms with Gasteiger partial charge in [0.2, 0.25) is 0 Å². The third-order valence-electron chi connectivity index (χ3n) is 4.25. The van der Waals surface area contributed by atoms with E-state index in [0.29, 0.717) is 28.8 Å². The first-order valence-electron chi connectivity index (χ1n) is 8.55. The molecule has 2 aromatic carbocycles. The topological polar surface area (TPSA) is 51.2 Å². The zero-order valence-electron chi connectivity index (χ0n) is 14.9. The summed E-state index contributed by atoms with van der Waals surface area (Å²) >= 11 is 0. The van der Waals surface area contributed by atoms with Gasteiger partial charge in [-0.1, -0.05) is 30.3 Å². The van der Waals surface area contributed by atoms with Crippen LogP contribution in [0.25, 0.3) is 10.9 Å². The van der Waals surface area contributed by atoms with E-state index in [0.717, 1.165) is 12.8 Å². The number of carbonyl (C=O) groups excluding carboxylic acids is 1. The van der Waals surface area contributed by atoms with E-state index in [1.807, 2.05) is 18.2 Å². The number of aromatic nitrogens is 1. The van der Waals surface area contributed by atoms with Crippen molar-refractivity contribution in [2.24, 2.45) is 0 Å². The van der Waals surface area contributed by atoms with E-state index in [4.69, 9.17) is 4.74 Å². The zero-order valence-corrected chi connectivity index (χ0v) is 14.9. The van der Waals surface area contributed by atoms with Crippen LogP contribution in [0.1, 0.15) is 28.0 Å². The SMILES string of the molecule is COc1cc(C(=O)NCCCc2ccccc2)nc2c(C)cc(F)cc12. The van der Waals surface area contributed by atoms with Gasteiger partial charge in [-0.25, -0.2) is 9.37 Å². The van der Waals surface area contributed by atoms with Crippen molar-refractivity contribution in [3.8, 4) is 5.75 Å². The van der Waals surface area contributed by atoms with Crippen molar-refractivity contribution < 1.29 is 13.9 Å². The molecule has 26 heavy (non-hydrogen) atoms. The van der Waals surface area contributed by atoms with Gasteiger partial charge < -0.3 is 10.1 Å². The molecule has 0 aliphatic rings. The number of nitrogens with zero attached hydrogens (tertiary/aromatic N) is 1. The molecule has 0 spiro atoms. The van der Waals surface area contributed by atoms with Gasteiger partial charge in [-0.05, 0) is 43.0 Å². The highest BCUT2D eigenvalue weighted by atomic mass is 19.1. The summed E-state index contributed by atoms with van der Waals surface area (Å²) in [6.45, 7) is 2.32. The fourth-order valence-corrected chi connectivity index (χ4v) is 2.94. The summed E-state index contributed by atoms with van der Waals surface area (Å²) in [5.41, 5.74) is 2.74. The van der Waals surface area contributed by atoms with Crippen LogP contribution in [-0.4, -0.2) is 24.5 Å². The number of nitrogens with one attached hydrogen (secondary N) is 1. The average molecular weight is 352 g/mol. The lowest BCUT2D eigenvalue weighted by Crippen LogP contribution is -2.25. The largest absolute Gasteiger partial charge is 0.496 e. The van der Waals surface area contributed by atoms with E-state index >= 15 is 0 Å². The maximum absolute atomic E-state index is 13.7. The van der Waals surface area contributed by atoms with Gasteiger partial charge in [-0.3, -0.25) is 4.79 Å². The third-order valence-corrected chi connectivity index (χ3v) is 4.25. The normalized spacial score (nSPS) is 10.7. The molecule has 0 saturated carbocycles. The molecule has 5 heteroatoms. The molecule has 1 N–H and O–H groups in total. The van der Waals surface area contributed by atoms with Gasteiger partial charge in [0, 0.05) is 18.0 Å². The van der Waals surface area contributed by atoms with Gasteiger partial charge in [0.15, 0.2) is 0 Å². The number of ether oxygens (including phenoxy) is 1. The van der Waals surface area contributed by atoms with Crippen LogP contribution < -0.4 is 10.1 Å². The van der Waals surface area contributed by atoms with Gasteiger partial charge in [0.25, 0.3) is 5.91 Å². The molecule has 1 heterocycles. The first kappa shape index (κ1) is 17.9. The predicted octanol–water partition coefficient (Wildman–Crippen LogP) is 4.05. The smallest absolute Gasteiger partial charge is 0.270 e. The molecule has 3 aromatic rings. The summed E-state index contributed by atoms with van der Waals surface area (Å²) < 4.78 is 19.0. The average Bonchev–Trinajstić information content (AvgIpc) is 2.65. The van der Waals surface area contributed by atoms with Crippen LogP contribution in [0.15, 0.2) is 48.5 Å². The van der Waals surface area contributed by atoms with E-state index in [2.05, 4.69) is 22.4 Å². The predicted molar refractivity (Wildman–Crippen MR) is 100 cm³/mol. The number of carbonyl (C=O) groups is 1. The number of aryl methyl sites for hydroxylation is 2. The zero-order chi connectivity index (χ0) is 18.5. The summed E-state index contributed by atoms with van der Waals surface area (Å²) in [6, 6.07) is 14.4. The Morgan fingerprint density at radius 1 is 1.19 bits per heavy atom. The van der Waals surface area contributed by atoms with Crippen molar-refractivity contribution in [2.75, 3.05) is 13.7 Å². The Morgan fingerprint density at radius 3 is 2.69 bits per heavy atom. The monoisotopic (exact) mass is 352 g/mol. The number of methoxy groups -OCH3 is 1. The van der Waals surface area contributed by atoms with Crippen LogP contribution in [0, 0.1) is 12.7 Å². The number of rotatable bonds is 6. The van der Waals surface area contributed by atoms with E-state index in [-0.39, 0.29) is 17.4 Å². The summed E-state index contributed by atoms with van der Waals surface area (Å²) in [4.78, 5) is 16.8. The number of pyridine rings is 1. The lowest BCUT2D eigenvalue weighted by molar-refractivity contribution is 0.0948. The van der Waals surface area contributed by atoms with Gasteiger partial charge >= 0.3 is 0 Å².